The van der Waals surface area contributed by atoms with Crippen LogP contribution in [0.4, 0.5) is 24.7 Å². The minimum absolute atomic E-state index is 0.0546. The monoisotopic (exact) mass is 367 g/mol. The number of halogens is 3. The van der Waals surface area contributed by atoms with Crippen LogP contribution in [0.2, 0.25) is 0 Å². The van der Waals surface area contributed by atoms with Gasteiger partial charge in [-0.25, -0.2) is 4.98 Å². The third-order valence-corrected chi connectivity index (χ3v) is 4.45. The minimum Gasteiger partial charge on any atom is -0.493 e. The summed E-state index contributed by atoms with van der Waals surface area (Å²) in [4.78, 5) is 16.4. The number of nitrogens with zero attached hydrogens (tertiary/aromatic N) is 3. The summed E-state index contributed by atoms with van der Waals surface area (Å²) in [7, 11) is 1.41. The van der Waals surface area contributed by atoms with Gasteiger partial charge in [-0.15, -0.1) is 0 Å². The van der Waals surface area contributed by atoms with E-state index in [1.54, 1.807) is 0 Å². The molecule has 0 amide bonds. The van der Waals surface area contributed by atoms with Crippen molar-refractivity contribution in [2.24, 2.45) is 0 Å². The number of hydrogen-bond acceptors (Lipinski definition) is 5. The SMILES string of the molecule is COc1cc([N+](=O)[O-])cnc1N1CCC(c2ccc(C(F)(F)F)cc2)C1. The molecule has 1 saturated heterocycles. The van der Waals surface area contributed by atoms with Gasteiger partial charge >= 0.3 is 6.18 Å². The lowest BCUT2D eigenvalue weighted by Gasteiger charge is -2.20. The molecule has 0 spiro atoms. The van der Waals surface area contributed by atoms with Crippen LogP contribution in [-0.4, -0.2) is 30.1 Å². The normalized spacial score (nSPS) is 17.4. The molecule has 3 rings (SSSR count). The van der Waals surface area contributed by atoms with Crippen molar-refractivity contribution in [2.45, 2.75) is 18.5 Å². The largest absolute Gasteiger partial charge is 0.493 e. The number of alkyl halides is 3. The van der Waals surface area contributed by atoms with E-state index in [-0.39, 0.29) is 11.6 Å². The van der Waals surface area contributed by atoms with E-state index in [1.165, 1.54) is 31.5 Å². The maximum absolute atomic E-state index is 12.7. The molecule has 0 N–H and O–H groups in total. The number of rotatable bonds is 4. The van der Waals surface area contributed by atoms with Crippen LogP contribution in [0.5, 0.6) is 5.75 Å². The Balaban J connectivity index is 1.77. The lowest BCUT2D eigenvalue weighted by atomic mass is 9.97. The van der Waals surface area contributed by atoms with Crippen LogP contribution in [0.25, 0.3) is 0 Å². The molecule has 1 fully saturated rings. The van der Waals surface area contributed by atoms with Gasteiger partial charge in [0.2, 0.25) is 0 Å². The molecular formula is C17H16F3N3O3. The average Bonchev–Trinajstić information content (AvgIpc) is 3.10. The molecule has 26 heavy (non-hydrogen) atoms. The summed E-state index contributed by atoms with van der Waals surface area (Å²) in [6.45, 7) is 1.18. The first-order valence-corrected chi connectivity index (χ1v) is 7.90. The Morgan fingerprint density at radius 1 is 1.31 bits per heavy atom. The third-order valence-electron chi connectivity index (χ3n) is 4.45. The molecule has 0 aliphatic carbocycles. The van der Waals surface area contributed by atoms with Crippen LogP contribution in [0.1, 0.15) is 23.5 Å². The number of aromatic nitrogens is 1. The van der Waals surface area contributed by atoms with Crippen molar-refractivity contribution in [3.8, 4) is 5.75 Å². The standard InChI is InChI=1S/C17H16F3N3O3/c1-26-15-8-14(23(24)25)9-21-16(15)22-7-6-12(10-22)11-2-4-13(5-3-11)17(18,19)20/h2-5,8-9,12H,6-7,10H2,1H3. The lowest BCUT2D eigenvalue weighted by molar-refractivity contribution is -0.385. The molecule has 138 valence electrons. The molecule has 1 unspecified atom stereocenters. The third kappa shape index (κ3) is 3.56. The number of anilines is 1. The summed E-state index contributed by atoms with van der Waals surface area (Å²) >= 11 is 0. The summed E-state index contributed by atoms with van der Waals surface area (Å²) in [6.07, 6.45) is -2.44. The van der Waals surface area contributed by atoms with Gasteiger partial charge < -0.3 is 9.64 Å². The van der Waals surface area contributed by atoms with E-state index in [4.69, 9.17) is 4.74 Å². The number of pyridine rings is 1. The molecule has 1 aromatic heterocycles. The zero-order chi connectivity index (χ0) is 18.9. The number of benzene rings is 1. The quantitative estimate of drug-likeness (QED) is 0.603. The second-order valence-corrected chi connectivity index (χ2v) is 6.03. The van der Waals surface area contributed by atoms with E-state index in [0.29, 0.717) is 24.7 Å². The van der Waals surface area contributed by atoms with Crippen LogP contribution < -0.4 is 9.64 Å². The van der Waals surface area contributed by atoms with Crippen molar-refractivity contribution in [3.05, 3.63) is 57.8 Å². The molecule has 0 saturated carbocycles. The van der Waals surface area contributed by atoms with Crippen molar-refractivity contribution < 1.29 is 22.8 Å². The number of methoxy groups -OCH3 is 1. The fourth-order valence-corrected chi connectivity index (χ4v) is 3.08. The first-order chi connectivity index (χ1) is 12.3. The van der Waals surface area contributed by atoms with E-state index in [1.807, 2.05) is 4.90 Å². The number of hydrogen-bond donors (Lipinski definition) is 0. The van der Waals surface area contributed by atoms with Gasteiger partial charge in [-0.1, -0.05) is 12.1 Å². The Hall–Kier alpha value is -2.84. The van der Waals surface area contributed by atoms with Crippen LogP contribution in [-0.2, 0) is 6.18 Å². The average molecular weight is 367 g/mol. The van der Waals surface area contributed by atoms with Crippen LogP contribution in [0, 0.1) is 10.1 Å². The maximum atomic E-state index is 12.7. The van der Waals surface area contributed by atoms with Gasteiger partial charge in [0, 0.05) is 19.0 Å². The Kier molecular flexibility index (Phi) is 4.71. The molecule has 6 nitrogen and oxygen atoms in total. The first kappa shape index (κ1) is 18.0. The van der Waals surface area contributed by atoms with Gasteiger partial charge in [0.05, 0.1) is 23.7 Å². The molecule has 0 bridgehead atoms. The molecule has 2 heterocycles. The molecular weight excluding hydrogens is 351 g/mol. The summed E-state index contributed by atoms with van der Waals surface area (Å²) < 4.78 is 43.2. The van der Waals surface area contributed by atoms with Gasteiger partial charge in [0.15, 0.2) is 11.6 Å². The second kappa shape index (κ2) is 6.81. The Morgan fingerprint density at radius 2 is 2.00 bits per heavy atom. The van der Waals surface area contributed by atoms with Crippen molar-refractivity contribution in [1.29, 1.82) is 0 Å². The van der Waals surface area contributed by atoms with Crippen molar-refractivity contribution >= 4 is 11.5 Å². The van der Waals surface area contributed by atoms with Gasteiger partial charge in [-0.05, 0) is 24.1 Å². The Morgan fingerprint density at radius 3 is 2.58 bits per heavy atom. The highest BCUT2D eigenvalue weighted by molar-refractivity contribution is 5.57. The molecule has 0 radical (unpaired) electrons. The zero-order valence-electron chi connectivity index (χ0n) is 13.9. The Labute approximate surface area is 147 Å². The van der Waals surface area contributed by atoms with Gasteiger partial charge in [-0.3, -0.25) is 10.1 Å². The minimum atomic E-state index is -4.35. The summed E-state index contributed by atoms with van der Waals surface area (Å²) in [5.74, 6) is 0.846. The smallest absolute Gasteiger partial charge is 0.416 e. The molecule has 1 aliphatic heterocycles. The maximum Gasteiger partial charge on any atom is 0.416 e. The highest BCUT2D eigenvalue weighted by Crippen LogP contribution is 2.37. The fraction of sp³-hybridized carbons (Fsp3) is 0.353. The predicted octanol–water partition coefficient (Wildman–Crippen LogP) is 4.01. The van der Waals surface area contributed by atoms with Crippen LogP contribution in [0.3, 0.4) is 0 Å². The number of nitro groups is 1. The van der Waals surface area contributed by atoms with E-state index in [0.717, 1.165) is 24.1 Å². The van der Waals surface area contributed by atoms with E-state index >= 15 is 0 Å². The Bertz CT molecular complexity index is 809. The van der Waals surface area contributed by atoms with E-state index < -0.39 is 16.7 Å². The van der Waals surface area contributed by atoms with Crippen LogP contribution in [0.15, 0.2) is 36.5 Å². The van der Waals surface area contributed by atoms with Gasteiger partial charge in [0.25, 0.3) is 5.69 Å². The number of ether oxygens (including phenoxy) is 1. The lowest BCUT2D eigenvalue weighted by Crippen LogP contribution is -2.21. The first-order valence-electron chi connectivity index (χ1n) is 7.90. The van der Waals surface area contributed by atoms with E-state index in [9.17, 15) is 23.3 Å². The van der Waals surface area contributed by atoms with Crippen molar-refractivity contribution in [1.82, 2.24) is 4.98 Å². The predicted molar refractivity (Wildman–Crippen MR) is 88.5 cm³/mol. The highest BCUT2D eigenvalue weighted by Gasteiger charge is 2.31. The molecule has 1 atom stereocenters. The summed E-state index contributed by atoms with van der Waals surface area (Å²) in [5.41, 5.74) is -0.0136. The van der Waals surface area contributed by atoms with Crippen molar-refractivity contribution in [2.75, 3.05) is 25.1 Å². The molecule has 2 aromatic rings. The van der Waals surface area contributed by atoms with Crippen molar-refractivity contribution in [3.63, 3.8) is 0 Å². The second-order valence-electron chi connectivity index (χ2n) is 6.03. The van der Waals surface area contributed by atoms with Gasteiger partial charge in [-0.2, -0.15) is 13.2 Å². The molecule has 1 aromatic carbocycles. The molecule has 9 heteroatoms. The highest BCUT2D eigenvalue weighted by atomic mass is 19.4. The zero-order valence-corrected chi connectivity index (χ0v) is 13.9. The molecule has 1 aliphatic rings. The van der Waals surface area contributed by atoms with Crippen LogP contribution >= 0.6 is 0 Å². The van der Waals surface area contributed by atoms with Gasteiger partial charge in [0.1, 0.15) is 6.20 Å². The summed E-state index contributed by atoms with van der Waals surface area (Å²) in [5, 5.41) is 10.9. The fourth-order valence-electron chi connectivity index (χ4n) is 3.08. The summed E-state index contributed by atoms with van der Waals surface area (Å²) in [6, 6.07) is 6.48. The van der Waals surface area contributed by atoms with E-state index in [2.05, 4.69) is 4.98 Å². The topological polar surface area (TPSA) is 68.5 Å².